The molecule has 0 bridgehead atoms. The van der Waals surface area contributed by atoms with E-state index in [9.17, 15) is 0 Å². The van der Waals surface area contributed by atoms with E-state index in [0.717, 1.165) is 13.2 Å². The maximum absolute atomic E-state index is 9.02. The van der Waals surface area contributed by atoms with Crippen molar-refractivity contribution < 1.29 is 4.74 Å². The number of rotatable bonds is 3. The van der Waals surface area contributed by atoms with Crippen molar-refractivity contribution in [2.45, 2.75) is 13.8 Å². The third-order valence-electron chi connectivity index (χ3n) is 0.565. The lowest BCUT2D eigenvalue weighted by Crippen LogP contribution is -2.21. The molecule has 0 spiro atoms. The zero-order chi connectivity index (χ0) is 9.11. The Kier molecular flexibility index (Phi) is 13.2. The predicted molar refractivity (Wildman–Crippen MR) is 43.8 cm³/mol. The van der Waals surface area contributed by atoms with Gasteiger partial charge in [-0.15, -0.1) is 4.91 Å². The highest BCUT2D eigenvalue weighted by Crippen LogP contribution is 1.64. The Labute approximate surface area is 65.6 Å². The third kappa shape index (κ3) is 28.1. The molecule has 0 fully saturated rings. The standard InChI is InChI=1S/C4H10O.CH4N4O/c1-3-5-4-2;2-1(3)4-5-6/h3-4H2,1-2H3;(H4,2,3,4,6). The molecule has 4 N–H and O–H groups in total. The molecule has 0 unspecified atom stereocenters. The summed E-state index contributed by atoms with van der Waals surface area (Å²) in [4.78, 5) is 9.02. The molecule has 0 saturated carbocycles. The highest BCUT2D eigenvalue weighted by Gasteiger charge is 1.69. The first-order valence-electron chi connectivity index (χ1n) is 3.18. The summed E-state index contributed by atoms with van der Waals surface area (Å²) in [6.07, 6.45) is 0. The van der Waals surface area contributed by atoms with Crippen molar-refractivity contribution in [3.8, 4) is 0 Å². The highest BCUT2D eigenvalue weighted by atomic mass is 16.5. The Morgan fingerprint density at radius 1 is 1.36 bits per heavy atom. The molecule has 0 radical (unpaired) electrons. The van der Waals surface area contributed by atoms with Crippen LogP contribution in [-0.4, -0.2) is 19.2 Å². The Bertz CT molecular complexity index is 109. The van der Waals surface area contributed by atoms with Crippen LogP contribution in [0.25, 0.3) is 0 Å². The summed E-state index contributed by atoms with van der Waals surface area (Å²) in [6, 6.07) is 0. The van der Waals surface area contributed by atoms with Crippen LogP contribution in [0.2, 0.25) is 0 Å². The van der Waals surface area contributed by atoms with Gasteiger partial charge < -0.3 is 16.2 Å². The van der Waals surface area contributed by atoms with E-state index in [1.807, 2.05) is 19.1 Å². The fourth-order valence-electron chi connectivity index (χ4n) is 0.251. The van der Waals surface area contributed by atoms with Crippen molar-refractivity contribution in [3.05, 3.63) is 4.91 Å². The van der Waals surface area contributed by atoms with E-state index < -0.39 is 0 Å². The average Bonchev–Trinajstić information content (AvgIpc) is 1.90. The van der Waals surface area contributed by atoms with Gasteiger partial charge >= 0.3 is 0 Å². The van der Waals surface area contributed by atoms with Crippen molar-refractivity contribution in [1.82, 2.24) is 0 Å². The lowest BCUT2D eigenvalue weighted by Gasteiger charge is -1.86. The zero-order valence-electron chi connectivity index (χ0n) is 6.78. The van der Waals surface area contributed by atoms with Crippen molar-refractivity contribution in [3.63, 3.8) is 0 Å². The molecule has 0 amide bonds. The summed E-state index contributed by atoms with van der Waals surface area (Å²) in [5, 5.41) is 4.69. The van der Waals surface area contributed by atoms with Crippen LogP contribution in [0.3, 0.4) is 0 Å². The molecule has 66 valence electrons. The second-order valence-electron chi connectivity index (χ2n) is 1.39. The summed E-state index contributed by atoms with van der Waals surface area (Å²) in [5.74, 6) is -0.315. The van der Waals surface area contributed by atoms with Crippen LogP contribution in [-0.2, 0) is 4.74 Å². The van der Waals surface area contributed by atoms with Crippen LogP contribution in [0.1, 0.15) is 13.8 Å². The summed E-state index contributed by atoms with van der Waals surface area (Å²) >= 11 is 0. The topological polar surface area (TPSA) is 103 Å². The molecule has 0 aliphatic heterocycles. The number of hydrogen-bond donors (Lipinski definition) is 2. The minimum Gasteiger partial charge on any atom is -0.382 e. The summed E-state index contributed by atoms with van der Waals surface area (Å²) < 4.78 is 4.83. The van der Waals surface area contributed by atoms with Crippen LogP contribution in [0.5, 0.6) is 0 Å². The molecular weight excluding hydrogens is 148 g/mol. The van der Waals surface area contributed by atoms with Crippen molar-refractivity contribution >= 4 is 5.96 Å². The lowest BCUT2D eigenvalue weighted by atomic mass is 10.8. The zero-order valence-corrected chi connectivity index (χ0v) is 6.78. The van der Waals surface area contributed by atoms with Gasteiger partial charge in [0.05, 0.1) is 5.29 Å². The normalized spacial score (nSPS) is 7.45. The number of nitrogens with two attached hydrogens (primary N) is 2. The van der Waals surface area contributed by atoms with E-state index in [-0.39, 0.29) is 5.96 Å². The van der Waals surface area contributed by atoms with E-state index in [1.165, 1.54) is 0 Å². The highest BCUT2D eigenvalue weighted by molar-refractivity contribution is 5.75. The Hall–Kier alpha value is -1.17. The second kappa shape index (κ2) is 11.6. The van der Waals surface area contributed by atoms with Crippen LogP contribution in [0.4, 0.5) is 0 Å². The maximum Gasteiger partial charge on any atom is 0.214 e. The minimum absolute atomic E-state index is 0.315. The number of nitroso groups, excluding NO2 is 1. The van der Waals surface area contributed by atoms with Crippen LogP contribution >= 0.6 is 0 Å². The molecule has 0 aliphatic rings. The van der Waals surface area contributed by atoms with Gasteiger partial charge in [-0.25, -0.2) is 0 Å². The molecular formula is C5H14N4O2. The van der Waals surface area contributed by atoms with E-state index in [2.05, 4.69) is 16.6 Å². The molecule has 0 aromatic rings. The molecule has 6 nitrogen and oxygen atoms in total. The van der Waals surface area contributed by atoms with Gasteiger partial charge in [-0.1, -0.05) is 5.10 Å². The average molecular weight is 162 g/mol. The quantitative estimate of drug-likeness (QED) is 0.263. The van der Waals surface area contributed by atoms with Gasteiger partial charge in [0.25, 0.3) is 0 Å². The molecule has 0 aromatic heterocycles. The Morgan fingerprint density at radius 2 is 1.82 bits per heavy atom. The molecule has 0 rings (SSSR count). The van der Waals surface area contributed by atoms with Crippen LogP contribution in [0, 0.1) is 4.91 Å². The van der Waals surface area contributed by atoms with E-state index >= 15 is 0 Å². The first-order chi connectivity index (χ1) is 5.18. The first kappa shape index (κ1) is 12.5. The molecule has 0 heterocycles. The monoisotopic (exact) mass is 162 g/mol. The SMILES string of the molecule is CCOCC.NC(N)=NN=O. The molecule has 11 heavy (non-hydrogen) atoms. The largest absolute Gasteiger partial charge is 0.382 e. The van der Waals surface area contributed by atoms with Crippen LogP contribution in [0.15, 0.2) is 10.4 Å². The molecule has 0 saturated heterocycles. The predicted octanol–water partition coefficient (Wildman–Crippen LogP) is -0.0160. The Balaban J connectivity index is 0. The maximum atomic E-state index is 9.02. The summed E-state index contributed by atoms with van der Waals surface area (Å²) in [5.41, 5.74) is 9.27. The van der Waals surface area contributed by atoms with Crippen molar-refractivity contribution in [2.75, 3.05) is 13.2 Å². The molecule has 6 heteroatoms. The van der Waals surface area contributed by atoms with Gasteiger partial charge in [0.1, 0.15) is 0 Å². The van der Waals surface area contributed by atoms with Crippen LogP contribution < -0.4 is 11.5 Å². The van der Waals surface area contributed by atoms with Gasteiger partial charge in [-0.3, -0.25) is 0 Å². The Morgan fingerprint density at radius 3 is 1.82 bits per heavy atom. The van der Waals surface area contributed by atoms with Crippen molar-refractivity contribution in [2.24, 2.45) is 21.9 Å². The molecule has 0 aliphatic carbocycles. The van der Waals surface area contributed by atoms with Gasteiger partial charge in [0.15, 0.2) is 0 Å². The summed E-state index contributed by atoms with van der Waals surface area (Å²) in [7, 11) is 0. The summed E-state index contributed by atoms with van der Waals surface area (Å²) in [6.45, 7) is 5.67. The number of nitrogens with zero attached hydrogens (tertiary/aromatic N) is 2. The smallest absolute Gasteiger partial charge is 0.214 e. The van der Waals surface area contributed by atoms with Gasteiger partial charge in [-0.2, -0.15) is 0 Å². The fraction of sp³-hybridized carbons (Fsp3) is 0.800. The van der Waals surface area contributed by atoms with Gasteiger partial charge in [-0.05, 0) is 13.8 Å². The molecule has 0 atom stereocenters. The minimum atomic E-state index is -0.315. The van der Waals surface area contributed by atoms with Gasteiger partial charge in [0, 0.05) is 13.2 Å². The fourth-order valence-corrected chi connectivity index (χ4v) is 0.251. The number of ether oxygens (including phenoxy) is 1. The number of hydrogen-bond acceptors (Lipinski definition) is 3. The number of guanidine groups is 1. The van der Waals surface area contributed by atoms with E-state index in [0.29, 0.717) is 0 Å². The lowest BCUT2D eigenvalue weighted by molar-refractivity contribution is 0.162. The van der Waals surface area contributed by atoms with E-state index in [1.54, 1.807) is 0 Å². The third-order valence-corrected chi connectivity index (χ3v) is 0.565. The van der Waals surface area contributed by atoms with Crippen molar-refractivity contribution in [1.29, 1.82) is 0 Å². The first-order valence-corrected chi connectivity index (χ1v) is 3.18. The van der Waals surface area contributed by atoms with Gasteiger partial charge in [0.2, 0.25) is 5.96 Å². The van der Waals surface area contributed by atoms with E-state index in [4.69, 9.17) is 9.64 Å². The second-order valence-corrected chi connectivity index (χ2v) is 1.39. The molecule has 0 aromatic carbocycles.